The number of phenolic OH excluding ortho intramolecular Hbond substituents is 4. The van der Waals surface area contributed by atoms with Gasteiger partial charge < -0.3 is 20.4 Å². The van der Waals surface area contributed by atoms with Gasteiger partial charge in [0, 0.05) is 43.5 Å². The van der Waals surface area contributed by atoms with Gasteiger partial charge >= 0.3 is 0 Å². The van der Waals surface area contributed by atoms with Gasteiger partial charge in [0.05, 0.1) is 0 Å². The first-order chi connectivity index (χ1) is 23.3. The van der Waals surface area contributed by atoms with Gasteiger partial charge in [0.15, 0.2) is 0 Å². The normalized spacial score (nSPS) is 15.0. The minimum absolute atomic E-state index is 0.172. The maximum atomic E-state index is 12.0. The number of benzene rings is 4. The van der Waals surface area contributed by atoms with Crippen molar-refractivity contribution in [3.63, 3.8) is 0 Å². The topological polar surface area (TPSA) is 84.2 Å². The van der Waals surface area contributed by atoms with Crippen LogP contribution in [0.1, 0.15) is 150 Å². The molecule has 0 radical (unpaired) electrons. The van der Waals surface area contributed by atoms with Crippen LogP contribution in [-0.2, 0) is 54.0 Å². The van der Waals surface area contributed by atoms with E-state index < -0.39 is 0 Å². The molecule has 1 aliphatic rings. The maximum absolute atomic E-state index is 12.0. The Morgan fingerprint density at radius 2 is 0.529 bits per heavy atom. The molecule has 0 atom stereocenters. The molecule has 51 heavy (non-hydrogen) atoms. The highest BCUT2D eigenvalue weighted by atomic mass is 16.3. The van der Waals surface area contributed by atoms with Crippen LogP contribution in [0.2, 0.25) is 0 Å². The van der Waals surface area contributed by atoms with Gasteiger partial charge in [-0.05, 0) is 84.3 Å². The highest BCUT2D eigenvalue weighted by molar-refractivity contribution is 5.57. The van der Waals surface area contributed by atoms with Gasteiger partial charge in [-0.3, -0.25) is 4.90 Å². The number of nitrogens with zero attached hydrogens (tertiary/aromatic N) is 1. The summed E-state index contributed by atoms with van der Waals surface area (Å²) >= 11 is 0. The fourth-order valence-corrected chi connectivity index (χ4v) is 7.07. The molecule has 4 aromatic carbocycles. The lowest BCUT2D eigenvalue weighted by molar-refractivity contribution is 0.305. The third-order valence-electron chi connectivity index (χ3n) is 10.6. The van der Waals surface area contributed by atoms with Gasteiger partial charge in [0.1, 0.15) is 23.0 Å². The Kier molecular flexibility index (Phi) is 9.92. The molecule has 5 nitrogen and oxygen atoms in total. The molecule has 274 valence electrons. The summed E-state index contributed by atoms with van der Waals surface area (Å²) in [5, 5.41) is 47.8. The molecular weight excluding hydrogens is 631 g/mol. The summed E-state index contributed by atoms with van der Waals surface area (Å²) in [5.74, 6) is 0.828. The zero-order valence-corrected chi connectivity index (χ0v) is 33.4. The Balaban J connectivity index is 1.85. The van der Waals surface area contributed by atoms with Crippen LogP contribution in [0.15, 0.2) is 48.5 Å². The minimum atomic E-state index is -0.203. The number of phenols is 4. The fraction of sp³-hybridized carbons (Fsp3) is 0.478. The number of hydrogen-bond acceptors (Lipinski definition) is 5. The Morgan fingerprint density at radius 1 is 0.353 bits per heavy atom. The van der Waals surface area contributed by atoms with Crippen LogP contribution in [0.4, 0.5) is 0 Å². The third kappa shape index (κ3) is 8.25. The minimum Gasteiger partial charge on any atom is -0.507 e. The second-order valence-electron chi connectivity index (χ2n) is 19.3. The van der Waals surface area contributed by atoms with Crippen molar-refractivity contribution in [1.29, 1.82) is 0 Å². The molecule has 5 heteroatoms. The fourth-order valence-electron chi connectivity index (χ4n) is 7.07. The quantitative estimate of drug-likeness (QED) is 0.148. The van der Waals surface area contributed by atoms with Crippen molar-refractivity contribution >= 4 is 0 Å². The second kappa shape index (κ2) is 13.2. The second-order valence-corrected chi connectivity index (χ2v) is 19.3. The van der Waals surface area contributed by atoms with Crippen molar-refractivity contribution in [2.24, 2.45) is 0 Å². The molecule has 4 N–H and O–H groups in total. The molecule has 5 rings (SSSR count). The molecule has 0 fully saturated rings. The van der Waals surface area contributed by atoms with Crippen molar-refractivity contribution in [3.05, 3.63) is 115 Å². The Morgan fingerprint density at radius 3 is 0.725 bits per heavy atom. The van der Waals surface area contributed by atoms with Gasteiger partial charge in [-0.2, -0.15) is 0 Å². The lowest BCUT2D eigenvalue weighted by Crippen LogP contribution is -2.20. The highest BCUT2D eigenvalue weighted by Crippen LogP contribution is 2.42. The van der Waals surface area contributed by atoms with Crippen molar-refractivity contribution < 1.29 is 20.4 Å². The Labute approximate surface area is 307 Å². The van der Waals surface area contributed by atoms with Gasteiger partial charge in [-0.25, -0.2) is 0 Å². The average molecular weight is 692 g/mol. The summed E-state index contributed by atoms with van der Waals surface area (Å²) in [5.41, 5.74) is 9.74. The Bertz CT molecular complexity index is 1820. The largest absolute Gasteiger partial charge is 0.507 e. The average Bonchev–Trinajstić information content (AvgIpc) is 2.97. The van der Waals surface area contributed by atoms with E-state index in [1.165, 1.54) is 0 Å². The van der Waals surface area contributed by atoms with Crippen molar-refractivity contribution in [3.8, 4) is 23.0 Å². The summed E-state index contributed by atoms with van der Waals surface area (Å²) < 4.78 is 0. The summed E-state index contributed by atoms with van der Waals surface area (Å²) in [7, 11) is 2.01. The van der Waals surface area contributed by atoms with E-state index in [4.69, 9.17) is 0 Å². The molecule has 8 bridgehead atoms. The van der Waals surface area contributed by atoms with Crippen LogP contribution >= 0.6 is 0 Å². The van der Waals surface area contributed by atoms with Crippen LogP contribution < -0.4 is 0 Å². The van der Waals surface area contributed by atoms with Gasteiger partial charge in [-0.1, -0.05) is 132 Å². The first-order valence-corrected chi connectivity index (χ1v) is 18.4. The van der Waals surface area contributed by atoms with Crippen LogP contribution in [0, 0.1) is 0 Å². The SMILES string of the molecule is CN1Cc2cc(C(C)(C)C)cc(c2O)Cc2cc(C(C)(C)C)cc(c2O)Cc2cc(C(C)(C)C)cc(c2O)Cc2cc(C(C)(C)C)cc(c2O)C1. The zero-order chi connectivity index (χ0) is 38.0. The van der Waals surface area contributed by atoms with Crippen LogP contribution in [0.3, 0.4) is 0 Å². The molecule has 4 aromatic rings. The van der Waals surface area contributed by atoms with E-state index in [0.29, 0.717) is 32.4 Å². The monoisotopic (exact) mass is 691 g/mol. The summed E-state index contributed by atoms with van der Waals surface area (Å²) in [6.07, 6.45) is 1.04. The maximum Gasteiger partial charge on any atom is 0.123 e. The predicted molar refractivity (Wildman–Crippen MR) is 211 cm³/mol. The van der Waals surface area contributed by atoms with Gasteiger partial charge in [0.2, 0.25) is 0 Å². The number of aromatic hydroxyl groups is 4. The number of fused-ring (bicyclic) bond motifs is 8. The van der Waals surface area contributed by atoms with E-state index in [1.54, 1.807) is 0 Å². The van der Waals surface area contributed by atoms with Crippen molar-refractivity contribution in [2.75, 3.05) is 7.05 Å². The van der Waals surface area contributed by atoms with E-state index in [-0.39, 0.29) is 44.7 Å². The third-order valence-corrected chi connectivity index (χ3v) is 10.6. The first kappa shape index (κ1) is 38.3. The van der Waals surface area contributed by atoms with E-state index >= 15 is 0 Å². The van der Waals surface area contributed by atoms with Crippen LogP contribution in [0.5, 0.6) is 23.0 Å². The molecule has 0 aliphatic carbocycles. The van der Waals surface area contributed by atoms with Crippen molar-refractivity contribution in [2.45, 2.75) is 137 Å². The first-order valence-electron chi connectivity index (χ1n) is 18.4. The zero-order valence-electron chi connectivity index (χ0n) is 33.4. The van der Waals surface area contributed by atoms with Crippen molar-refractivity contribution in [1.82, 2.24) is 4.90 Å². The van der Waals surface area contributed by atoms with E-state index in [2.05, 4.69) is 137 Å². The van der Waals surface area contributed by atoms with E-state index in [1.807, 2.05) is 7.05 Å². The highest BCUT2D eigenvalue weighted by Gasteiger charge is 2.27. The number of hydrogen-bond donors (Lipinski definition) is 4. The molecule has 0 spiro atoms. The van der Waals surface area contributed by atoms with E-state index in [9.17, 15) is 20.4 Å². The summed E-state index contributed by atoms with van der Waals surface area (Å²) in [6.45, 7) is 27.0. The standard InChI is InChI=1S/C46H61NO4/c1-43(2,3)35-17-27-14-28-18-36(44(4,5)6)20-30(40(28)49)16-32-22-38(46(10,11)12)24-34(42(32)51)26-47(13)25-33-23-37(45(7,8)9)21-31(41(33)50)15-29(19-35)39(27)48/h17-24,48-51H,14-16,25-26H2,1-13H3. The molecule has 1 aliphatic heterocycles. The van der Waals surface area contributed by atoms with E-state index in [0.717, 1.165) is 66.8 Å². The Hall–Kier alpha value is -3.96. The smallest absolute Gasteiger partial charge is 0.123 e. The summed E-state index contributed by atoms with van der Waals surface area (Å²) in [4.78, 5) is 2.13. The predicted octanol–water partition coefficient (Wildman–Crippen LogP) is 10.4. The molecule has 0 saturated carbocycles. The molecule has 0 unspecified atom stereocenters. The summed E-state index contributed by atoms with van der Waals surface area (Å²) in [6, 6.07) is 16.6. The van der Waals surface area contributed by atoms with Crippen LogP contribution in [0.25, 0.3) is 0 Å². The molecular formula is C46H61NO4. The lowest BCUT2D eigenvalue weighted by Gasteiger charge is -2.27. The molecule has 0 amide bonds. The molecule has 1 heterocycles. The molecule has 0 saturated heterocycles. The van der Waals surface area contributed by atoms with Crippen LogP contribution in [-0.4, -0.2) is 32.4 Å². The number of rotatable bonds is 0. The molecule has 0 aromatic heterocycles. The van der Waals surface area contributed by atoms with Gasteiger partial charge in [0.25, 0.3) is 0 Å². The van der Waals surface area contributed by atoms with Gasteiger partial charge in [-0.15, -0.1) is 0 Å². The lowest BCUT2D eigenvalue weighted by atomic mass is 9.80.